The first-order chi connectivity index (χ1) is 11.3. The normalized spacial score (nSPS) is 24.8. The molecule has 1 amide bonds. The third kappa shape index (κ3) is 4.16. The second-order valence-electron chi connectivity index (χ2n) is 7.69. The van der Waals surface area contributed by atoms with Crippen molar-refractivity contribution in [1.82, 2.24) is 19.8 Å². The van der Waals surface area contributed by atoms with Crippen LogP contribution in [0.1, 0.15) is 39.2 Å². The summed E-state index contributed by atoms with van der Waals surface area (Å²) in [4.78, 5) is 24.8. The standard InChI is InChI=1S/C17H25ClN4O2/c1-17(2,3)24-16(23)22-10-13-5-4-6-21(14(13)11-22)9-12-7-19-15(18)20-8-12/h7-8,13-14H,4-6,9-11H2,1-3H3/t13-,14+/m0/s1. The SMILES string of the molecule is CC(C)(C)OC(=O)N1C[C@@H]2CCCN(Cc3cnc(Cl)nc3)[C@@H]2C1. The van der Waals surface area contributed by atoms with Gasteiger partial charge in [-0.3, -0.25) is 4.90 Å². The Hall–Kier alpha value is -1.40. The molecule has 0 bridgehead atoms. The molecule has 2 saturated heterocycles. The fourth-order valence-corrected chi connectivity index (χ4v) is 3.70. The summed E-state index contributed by atoms with van der Waals surface area (Å²) < 4.78 is 5.53. The van der Waals surface area contributed by atoms with Crippen LogP contribution in [-0.2, 0) is 11.3 Å². The Bertz CT molecular complexity index is 587. The second-order valence-corrected chi connectivity index (χ2v) is 8.02. The molecular formula is C17H25ClN4O2. The van der Waals surface area contributed by atoms with E-state index in [4.69, 9.17) is 16.3 Å². The predicted octanol–water partition coefficient (Wildman–Crippen LogP) is 2.96. The Morgan fingerprint density at radius 2 is 2.04 bits per heavy atom. The number of likely N-dealkylation sites (tertiary alicyclic amines) is 2. The van der Waals surface area contributed by atoms with Gasteiger partial charge in [0, 0.05) is 43.6 Å². The number of hydrogen-bond acceptors (Lipinski definition) is 5. The zero-order valence-corrected chi connectivity index (χ0v) is 15.3. The number of ether oxygens (including phenoxy) is 1. The number of nitrogens with zero attached hydrogens (tertiary/aromatic N) is 4. The lowest BCUT2D eigenvalue weighted by atomic mass is 9.92. The first-order valence-corrected chi connectivity index (χ1v) is 8.88. The molecule has 1 aromatic rings. The molecule has 0 aromatic carbocycles. The number of carbonyl (C=O) groups is 1. The lowest BCUT2D eigenvalue weighted by Crippen LogP contribution is -2.45. The molecule has 2 atom stereocenters. The number of fused-ring (bicyclic) bond motifs is 1. The summed E-state index contributed by atoms with van der Waals surface area (Å²) >= 11 is 5.76. The van der Waals surface area contributed by atoms with E-state index < -0.39 is 5.60 Å². The van der Waals surface area contributed by atoms with Gasteiger partial charge in [-0.15, -0.1) is 0 Å². The Labute approximate surface area is 148 Å². The molecule has 0 spiro atoms. The molecular weight excluding hydrogens is 328 g/mol. The van der Waals surface area contributed by atoms with Crippen molar-refractivity contribution in [3.8, 4) is 0 Å². The Balaban J connectivity index is 1.64. The molecule has 24 heavy (non-hydrogen) atoms. The summed E-state index contributed by atoms with van der Waals surface area (Å²) in [5, 5.41) is 0.271. The van der Waals surface area contributed by atoms with E-state index in [-0.39, 0.29) is 11.4 Å². The fourth-order valence-electron chi connectivity index (χ4n) is 3.60. The van der Waals surface area contributed by atoms with Gasteiger partial charge in [-0.25, -0.2) is 14.8 Å². The van der Waals surface area contributed by atoms with Gasteiger partial charge in [-0.2, -0.15) is 0 Å². The van der Waals surface area contributed by atoms with Gasteiger partial charge in [0.1, 0.15) is 5.60 Å². The van der Waals surface area contributed by atoms with Crippen molar-refractivity contribution in [2.75, 3.05) is 19.6 Å². The third-order valence-electron chi connectivity index (χ3n) is 4.61. The van der Waals surface area contributed by atoms with Crippen molar-refractivity contribution in [1.29, 1.82) is 0 Å². The topological polar surface area (TPSA) is 58.6 Å². The maximum Gasteiger partial charge on any atom is 0.410 e. The number of rotatable bonds is 2. The lowest BCUT2D eigenvalue weighted by molar-refractivity contribution is 0.0279. The van der Waals surface area contributed by atoms with E-state index in [0.29, 0.717) is 12.0 Å². The van der Waals surface area contributed by atoms with Gasteiger partial charge >= 0.3 is 6.09 Å². The largest absolute Gasteiger partial charge is 0.444 e. The molecule has 0 unspecified atom stereocenters. The van der Waals surface area contributed by atoms with Gasteiger partial charge in [-0.05, 0) is 57.7 Å². The lowest BCUT2D eigenvalue weighted by Gasteiger charge is -2.36. The van der Waals surface area contributed by atoms with Crippen LogP contribution in [0.2, 0.25) is 5.28 Å². The molecule has 132 valence electrons. The number of piperidine rings is 1. The van der Waals surface area contributed by atoms with Crippen molar-refractivity contribution in [2.24, 2.45) is 5.92 Å². The van der Waals surface area contributed by atoms with Crippen LogP contribution in [0.4, 0.5) is 4.79 Å². The van der Waals surface area contributed by atoms with Gasteiger partial charge in [0.15, 0.2) is 0 Å². The smallest absolute Gasteiger partial charge is 0.410 e. The van der Waals surface area contributed by atoms with Gasteiger partial charge in [-0.1, -0.05) is 0 Å². The molecule has 3 heterocycles. The van der Waals surface area contributed by atoms with Crippen LogP contribution in [0.25, 0.3) is 0 Å². The van der Waals surface area contributed by atoms with Crippen LogP contribution in [0.5, 0.6) is 0 Å². The maximum atomic E-state index is 12.4. The summed E-state index contributed by atoms with van der Waals surface area (Å²) in [5.74, 6) is 0.513. The quantitative estimate of drug-likeness (QED) is 0.766. The Kier molecular flexibility index (Phi) is 4.97. The minimum atomic E-state index is -0.453. The molecule has 2 fully saturated rings. The highest BCUT2D eigenvalue weighted by Crippen LogP contribution is 2.32. The molecule has 0 saturated carbocycles. The van der Waals surface area contributed by atoms with E-state index in [9.17, 15) is 4.79 Å². The summed E-state index contributed by atoms with van der Waals surface area (Å²) in [6.07, 6.45) is 5.67. The van der Waals surface area contributed by atoms with Crippen LogP contribution in [0, 0.1) is 5.92 Å². The highest BCUT2D eigenvalue weighted by Gasteiger charge is 2.41. The number of carbonyl (C=O) groups excluding carboxylic acids is 1. The molecule has 7 heteroatoms. The van der Waals surface area contributed by atoms with Crippen LogP contribution >= 0.6 is 11.6 Å². The van der Waals surface area contributed by atoms with E-state index in [0.717, 1.165) is 44.6 Å². The number of amides is 1. The summed E-state index contributed by atoms with van der Waals surface area (Å²) in [7, 11) is 0. The van der Waals surface area contributed by atoms with Crippen molar-refractivity contribution in [2.45, 2.75) is 51.8 Å². The van der Waals surface area contributed by atoms with Crippen LogP contribution in [-0.4, -0.2) is 57.1 Å². The summed E-state index contributed by atoms with van der Waals surface area (Å²) in [6.45, 7) is 9.05. The molecule has 6 nitrogen and oxygen atoms in total. The fraction of sp³-hybridized carbons (Fsp3) is 0.706. The van der Waals surface area contributed by atoms with E-state index in [1.165, 1.54) is 0 Å². The average molecular weight is 353 g/mol. The van der Waals surface area contributed by atoms with Crippen LogP contribution in [0.15, 0.2) is 12.4 Å². The van der Waals surface area contributed by atoms with Crippen molar-refractivity contribution >= 4 is 17.7 Å². The van der Waals surface area contributed by atoms with Crippen LogP contribution in [0.3, 0.4) is 0 Å². The van der Waals surface area contributed by atoms with Crippen molar-refractivity contribution in [3.63, 3.8) is 0 Å². The van der Waals surface area contributed by atoms with Gasteiger partial charge < -0.3 is 9.64 Å². The molecule has 0 aliphatic carbocycles. The van der Waals surface area contributed by atoms with E-state index >= 15 is 0 Å². The number of hydrogen-bond donors (Lipinski definition) is 0. The van der Waals surface area contributed by atoms with Gasteiger partial charge in [0.05, 0.1) is 0 Å². The highest BCUT2D eigenvalue weighted by molar-refractivity contribution is 6.28. The van der Waals surface area contributed by atoms with Gasteiger partial charge in [0.2, 0.25) is 5.28 Å². The minimum absolute atomic E-state index is 0.202. The Morgan fingerprint density at radius 3 is 2.71 bits per heavy atom. The van der Waals surface area contributed by atoms with Gasteiger partial charge in [0.25, 0.3) is 0 Å². The van der Waals surface area contributed by atoms with E-state index in [1.807, 2.05) is 25.7 Å². The average Bonchev–Trinajstić information content (AvgIpc) is 2.93. The summed E-state index contributed by atoms with van der Waals surface area (Å²) in [6, 6.07) is 0.377. The molecule has 3 rings (SSSR count). The van der Waals surface area contributed by atoms with E-state index in [2.05, 4.69) is 14.9 Å². The first-order valence-electron chi connectivity index (χ1n) is 8.50. The molecule has 0 N–H and O–H groups in total. The van der Waals surface area contributed by atoms with Crippen molar-refractivity contribution < 1.29 is 9.53 Å². The zero-order valence-electron chi connectivity index (χ0n) is 14.5. The first kappa shape index (κ1) is 17.4. The molecule has 2 aliphatic heterocycles. The minimum Gasteiger partial charge on any atom is -0.444 e. The molecule has 2 aliphatic rings. The maximum absolute atomic E-state index is 12.4. The Morgan fingerprint density at radius 1 is 1.33 bits per heavy atom. The number of aromatic nitrogens is 2. The molecule has 0 radical (unpaired) electrons. The third-order valence-corrected chi connectivity index (χ3v) is 4.80. The predicted molar refractivity (Wildman–Crippen MR) is 91.8 cm³/mol. The summed E-state index contributed by atoms with van der Waals surface area (Å²) in [5.41, 5.74) is 0.598. The van der Waals surface area contributed by atoms with Crippen molar-refractivity contribution in [3.05, 3.63) is 23.2 Å². The molecule has 1 aromatic heterocycles. The second kappa shape index (κ2) is 6.84. The van der Waals surface area contributed by atoms with Crippen LogP contribution < -0.4 is 0 Å². The van der Waals surface area contributed by atoms with E-state index in [1.54, 1.807) is 12.4 Å². The monoisotopic (exact) mass is 352 g/mol. The highest BCUT2D eigenvalue weighted by atomic mass is 35.5. The zero-order chi connectivity index (χ0) is 17.3. The number of halogens is 1.